The van der Waals surface area contributed by atoms with Gasteiger partial charge < -0.3 is 4.74 Å². The van der Waals surface area contributed by atoms with Crippen LogP contribution in [0.15, 0.2) is 29.2 Å². The van der Waals surface area contributed by atoms with Crippen molar-refractivity contribution in [1.82, 2.24) is 4.72 Å². The van der Waals surface area contributed by atoms with E-state index in [1.54, 1.807) is 18.2 Å². The fourth-order valence-corrected chi connectivity index (χ4v) is 2.36. The Morgan fingerprint density at radius 2 is 2.08 bits per heavy atom. The van der Waals surface area contributed by atoms with Crippen molar-refractivity contribution in [1.29, 1.82) is 0 Å². The minimum Gasteiger partial charge on any atom is -0.491 e. The van der Waals surface area contributed by atoms with Crippen LogP contribution < -0.4 is 9.46 Å². The monoisotopic (exact) mass is 199 g/mol. The number of rotatable bonds is 0. The van der Waals surface area contributed by atoms with Crippen LogP contribution in [0, 0.1) is 0 Å². The van der Waals surface area contributed by atoms with Gasteiger partial charge >= 0.3 is 0 Å². The van der Waals surface area contributed by atoms with E-state index in [1.165, 1.54) is 6.07 Å². The summed E-state index contributed by atoms with van der Waals surface area (Å²) in [6, 6.07) is 6.61. The predicted molar refractivity (Wildman–Crippen MR) is 47.1 cm³/mol. The van der Waals surface area contributed by atoms with Gasteiger partial charge in [0.05, 0.1) is 0 Å². The standard InChI is InChI=1S/C8H9NO3S/c10-13(11)8-4-2-1-3-7(8)12-6-5-9-13/h1-4,9H,5-6H2. The molecule has 0 amide bonds. The normalized spacial score (nSPS) is 19.7. The molecule has 1 aromatic rings. The second-order valence-corrected chi connectivity index (χ2v) is 4.43. The lowest BCUT2D eigenvalue weighted by Crippen LogP contribution is -2.24. The Labute approximate surface area is 76.6 Å². The molecule has 1 aromatic carbocycles. The molecule has 2 rings (SSSR count). The van der Waals surface area contributed by atoms with Crippen LogP contribution in [0.5, 0.6) is 5.75 Å². The SMILES string of the molecule is O=S1(=O)NCCOc2ccccc21. The van der Waals surface area contributed by atoms with Crippen LogP contribution in [-0.4, -0.2) is 21.6 Å². The zero-order chi connectivity index (χ0) is 9.31. The largest absolute Gasteiger partial charge is 0.491 e. The molecule has 1 aliphatic rings. The Morgan fingerprint density at radius 1 is 1.31 bits per heavy atom. The summed E-state index contributed by atoms with van der Waals surface area (Å²) in [4.78, 5) is 0.215. The molecular weight excluding hydrogens is 190 g/mol. The van der Waals surface area contributed by atoms with Gasteiger partial charge in [0.15, 0.2) is 0 Å². The lowest BCUT2D eigenvalue weighted by molar-refractivity contribution is 0.321. The molecule has 1 aliphatic heterocycles. The van der Waals surface area contributed by atoms with Crippen LogP contribution >= 0.6 is 0 Å². The average Bonchev–Trinajstić information content (AvgIpc) is 2.26. The fourth-order valence-electron chi connectivity index (χ4n) is 1.21. The molecule has 0 fully saturated rings. The van der Waals surface area contributed by atoms with Gasteiger partial charge in [-0.2, -0.15) is 0 Å². The van der Waals surface area contributed by atoms with Crippen molar-refractivity contribution in [2.45, 2.75) is 4.90 Å². The molecule has 13 heavy (non-hydrogen) atoms. The van der Waals surface area contributed by atoms with E-state index in [2.05, 4.69) is 4.72 Å². The Hall–Kier alpha value is -1.07. The van der Waals surface area contributed by atoms with Gasteiger partial charge in [0.25, 0.3) is 0 Å². The van der Waals surface area contributed by atoms with Crippen molar-refractivity contribution in [2.24, 2.45) is 0 Å². The smallest absolute Gasteiger partial charge is 0.244 e. The maximum absolute atomic E-state index is 11.5. The van der Waals surface area contributed by atoms with Crippen molar-refractivity contribution in [2.75, 3.05) is 13.2 Å². The minimum absolute atomic E-state index is 0.215. The van der Waals surface area contributed by atoms with Crippen molar-refractivity contribution in [3.8, 4) is 5.75 Å². The highest BCUT2D eigenvalue weighted by atomic mass is 32.2. The summed E-state index contributed by atoms with van der Waals surface area (Å²) in [6.07, 6.45) is 0. The van der Waals surface area contributed by atoms with E-state index in [9.17, 15) is 8.42 Å². The Balaban J connectivity index is 2.62. The molecule has 70 valence electrons. The average molecular weight is 199 g/mol. The maximum atomic E-state index is 11.5. The highest BCUT2D eigenvalue weighted by Crippen LogP contribution is 2.24. The lowest BCUT2D eigenvalue weighted by Gasteiger charge is -2.03. The van der Waals surface area contributed by atoms with Gasteiger partial charge in [0.2, 0.25) is 10.0 Å². The first-order valence-corrected chi connectivity index (χ1v) is 5.40. The molecule has 0 saturated heterocycles. The predicted octanol–water partition coefficient (Wildman–Crippen LogP) is 0.357. The molecule has 1 N–H and O–H groups in total. The lowest BCUT2D eigenvalue weighted by atomic mass is 10.3. The van der Waals surface area contributed by atoms with E-state index < -0.39 is 10.0 Å². The van der Waals surface area contributed by atoms with E-state index >= 15 is 0 Å². The summed E-state index contributed by atoms with van der Waals surface area (Å²) >= 11 is 0. The molecule has 0 saturated carbocycles. The molecule has 0 atom stereocenters. The summed E-state index contributed by atoms with van der Waals surface area (Å²) in [6.45, 7) is 0.688. The number of nitrogens with one attached hydrogen (secondary N) is 1. The Morgan fingerprint density at radius 3 is 2.92 bits per heavy atom. The molecule has 5 heteroatoms. The third-order valence-corrected chi connectivity index (χ3v) is 3.29. The van der Waals surface area contributed by atoms with Crippen LogP contribution in [0.2, 0.25) is 0 Å². The summed E-state index contributed by atoms with van der Waals surface area (Å²) in [5, 5.41) is 0. The first-order valence-electron chi connectivity index (χ1n) is 3.92. The number of benzene rings is 1. The van der Waals surface area contributed by atoms with Crippen LogP contribution in [0.25, 0.3) is 0 Å². The number of fused-ring (bicyclic) bond motifs is 1. The van der Waals surface area contributed by atoms with Crippen LogP contribution in [-0.2, 0) is 10.0 Å². The molecule has 0 spiro atoms. The van der Waals surface area contributed by atoms with Crippen molar-refractivity contribution in [3.63, 3.8) is 0 Å². The number of sulfonamides is 1. The van der Waals surface area contributed by atoms with E-state index in [1.807, 2.05) is 0 Å². The summed E-state index contributed by atoms with van der Waals surface area (Å²) in [7, 11) is -3.35. The maximum Gasteiger partial charge on any atom is 0.244 e. The van der Waals surface area contributed by atoms with E-state index in [0.29, 0.717) is 18.9 Å². The van der Waals surface area contributed by atoms with E-state index in [4.69, 9.17) is 4.74 Å². The van der Waals surface area contributed by atoms with Gasteiger partial charge in [0.1, 0.15) is 17.3 Å². The highest BCUT2D eigenvalue weighted by molar-refractivity contribution is 7.89. The van der Waals surface area contributed by atoms with Gasteiger partial charge in [-0.15, -0.1) is 0 Å². The number of ether oxygens (including phenoxy) is 1. The first-order chi connectivity index (χ1) is 6.20. The molecule has 0 bridgehead atoms. The number of para-hydroxylation sites is 1. The van der Waals surface area contributed by atoms with Crippen molar-refractivity contribution >= 4 is 10.0 Å². The van der Waals surface area contributed by atoms with Gasteiger partial charge in [-0.1, -0.05) is 12.1 Å². The molecule has 0 aromatic heterocycles. The van der Waals surface area contributed by atoms with Gasteiger partial charge in [-0.3, -0.25) is 0 Å². The molecule has 0 aliphatic carbocycles. The quantitative estimate of drug-likeness (QED) is 0.656. The highest BCUT2D eigenvalue weighted by Gasteiger charge is 2.21. The summed E-state index contributed by atoms with van der Waals surface area (Å²) in [5.74, 6) is 0.424. The number of hydrogen-bond acceptors (Lipinski definition) is 3. The topological polar surface area (TPSA) is 55.4 Å². The zero-order valence-electron chi connectivity index (χ0n) is 6.86. The summed E-state index contributed by atoms with van der Waals surface area (Å²) in [5.41, 5.74) is 0. The van der Waals surface area contributed by atoms with Gasteiger partial charge in [0, 0.05) is 6.54 Å². The second-order valence-electron chi connectivity index (χ2n) is 2.69. The number of hydrogen-bond donors (Lipinski definition) is 1. The summed E-state index contributed by atoms with van der Waals surface area (Å²) < 4.78 is 30.7. The van der Waals surface area contributed by atoms with Gasteiger partial charge in [-0.25, -0.2) is 13.1 Å². The first kappa shape index (κ1) is 8.52. The molecule has 1 heterocycles. The van der Waals surface area contributed by atoms with Crippen molar-refractivity contribution < 1.29 is 13.2 Å². The van der Waals surface area contributed by atoms with Crippen LogP contribution in [0.4, 0.5) is 0 Å². The van der Waals surface area contributed by atoms with E-state index in [0.717, 1.165) is 0 Å². The second kappa shape index (κ2) is 3.01. The molecule has 0 radical (unpaired) electrons. The third-order valence-electron chi connectivity index (χ3n) is 1.79. The molecule has 0 unspecified atom stereocenters. The zero-order valence-corrected chi connectivity index (χ0v) is 7.67. The fraction of sp³-hybridized carbons (Fsp3) is 0.250. The minimum atomic E-state index is -3.35. The van der Waals surface area contributed by atoms with Crippen LogP contribution in [0.3, 0.4) is 0 Å². The molecule has 4 nitrogen and oxygen atoms in total. The third kappa shape index (κ3) is 1.52. The Bertz CT molecular complexity index is 413. The van der Waals surface area contributed by atoms with Crippen LogP contribution in [0.1, 0.15) is 0 Å². The Kier molecular flexibility index (Phi) is 1.97. The molecular formula is C8H9NO3S. The van der Waals surface area contributed by atoms with Crippen molar-refractivity contribution in [3.05, 3.63) is 24.3 Å². The van der Waals surface area contributed by atoms with Gasteiger partial charge in [-0.05, 0) is 12.1 Å². The van der Waals surface area contributed by atoms with E-state index in [-0.39, 0.29) is 4.90 Å².